The predicted octanol–water partition coefficient (Wildman–Crippen LogP) is 4.18. The van der Waals surface area contributed by atoms with Crippen molar-refractivity contribution >= 4 is 21.8 Å². The number of amides is 1. The van der Waals surface area contributed by atoms with Crippen LogP contribution >= 0.6 is 15.9 Å². The van der Waals surface area contributed by atoms with Gasteiger partial charge < -0.3 is 14.6 Å². The van der Waals surface area contributed by atoms with Crippen LogP contribution in [0.2, 0.25) is 0 Å². The Morgan fingerprint density at radius 3 is 2.65 bits per heavy atom. The van der Waals surface area contributed by atoms with Gasteiger partial charge in [-0.05, 0) is 69.5 Å². The minimum atomic E-state index is 0.0908. The molecule has 2 heterocycles. The maximum Gasteiger partial charge on any atom is 0.241 e. The Kier molecular flexibility index (Phi) is 8.10. The maximum absolute atomic E-state index is 12.5. The van der Waals surface area contributed by atoms with Crippen molar-refractivity contribution in [3.8, 4) is 11.4 Å². The molecule has 2 aliphatic rings. The lowest BCUT2D eigenvalue weighted by molar-refractivity contribution is -0.126. The number of benzene rings is 1. The largest absolute Gasteiger partial charge is 0.378 e. The van der Waals surface area contributed by atoms with Crippen LogP contribution in [0.1, 0.15) is 50.8 Å². The van der Waals surface area contributed by atoms with Crippen molar-refractivity contribution in [3.63, 3.8) is 0 Å². The van der Waals surface area contributed by atoms with E-state index in [4.69, 9.17) is 9.26 Å². The molecule has 31 heavy (non-hydrogen) atoms. The highest BCUT2D eigenvalue weighted by atomic mass is 79.9. The summed E-state index contributed by atoms with van der Waals surface area (Å²) < 4.78 is 12.3. The molecular weight excluding hydrogens is 460 g/mol. The van der Waals surface area contributed by atoms with Crippen LogP contribution in [0.15, 0.2) is 33.3 Å². The molecule has 1 amide bonds. The zero-order valence-corrected chi connectivity index (χ0v) is 19.5. The predicted molar refractivity (Wildman–Crippen MR) is 121 cm³/mol. The fourth-order valence-electron chi connectivity index (χ4n) is 4.31. The molecule has 1 N–H and O–H groups in total. The standard InChI is InChI=1S/C23H31BrN4O3/c24-19-8-6-17(7-9-19)22-26-21(31-27-22)16-28-13-10-18(11-14-28)23(29)25-12-3-15-30-20-4-1-2-5-20/h6-9,18,20H,1-5,10-16H2,(H,25,29). The van der Waals surface area contributed by atoms with Gasteiger partial charge in [-0.15, -0.1) is 0 Å². The molecule has 1 aromatic heterocycles. The summed E-state index contributed by atoms with van der Waals surface area (Å²) in [4.78, 5) is 19.2. The minimum Gasteiger partial charge on any atom is -0.378 e. The third-order valence-corrected chi connectivity index (χ3v) is 6.69. The van der Waals surface area contributed by atoms with Crippen molar-refractivity contribution in [2.75, 3.05) is 26.2 Å². The molecule has 7 nitrogen and oxygen atoms in total. The molecule has 2 fully saturated rings. The topological polar surface area (TPSA) is 80.5 Å². The van der Waals surface area contributed by atoms with E-state index in [-0.39, 0.29) is 11.8 Å². The van der Waals surface area contributed by atoms with Crippen LogP contribution in [-0.2, 0) is 16.1 Å². The molecule has 0 radical (unpaired) electrons. The average Bonchev–Trinajstić information content (AvgIpc) is 3.47. The van der Waals surface area contributed by atoms with Gasteiger partial charge in [0.05, 0.1) is 12.6 Å². The normalized spacial score (nSPS) is 18.5. The number of likely N-dealkylation sites (tertiary alicyclic amines) is 1. The van der Waals surface area contributed by atoms with Crippen molar-refractivity contribution in [3.05, 3.63) is 34.6 Å². The van der Waals surface area contributed by atoms with E-state index >= 15 is 0 Å². The first-order chi connectivity index (χ1) is 15.2. The fraction of sp³-hybridized carbons (Fsp3) is 0.609. The second-order valence-corrected chi connectivity index (χ2v) is 9.41. The monoisotopic (exact) mass is 490 g/mol. The van der Waals surface area contributed by atoms with E-state index in [1.807, 2.05) is 24.3 Å². The zero-order chi connectivity index (χ0) is 21.5. The summed E-state index contributed by atoms with van der Waals surface area (Å²) in [5.74, 6) is 1.49. The highest BCUT2D eigenvalue weighted by Gasteiger charge is 2.26. The Hall–Kier alpha value is -1.77. The Balaban J connectivity index is 1.13. The van der Waals surface area contributed by atoms with Crippen LogP contribution in [0.25, 0.3) is 11.4 Å². The molecule has 0 atom stereocenters. The van der Waals surface area contributed by atoms with Crippen LogP contribution in [0, 0.1) is 5.92 Å². The summed E-state index contributed by atoms with van der Waals surface area (Å²) >= 11 is 3.43. The molecule has 2 aromatic rings. The van der Waals surface area contributed by atoms with Gasteiger partial charge in [-0.25, -0.2) is 0 Å². The first-order valence-electron chi connectivity index (χ1n) is 11.4. The fourth-order valence-corrected chi connectivity index (χ4v) is 4.58. The van der Waals surface area contributed by atoms with E-state index in [1.165, 1.54) is 25.7 Å². The first kappa shape index (κ1) is 22.4. The Morgan fingerprint density at radius 2 is 1.90 bits per heavy atom. The van der Waals surface area contributed by atoms with Gasteiger partial charge in [-0.2, -0.15) is 4.98 Å². The van der Waals surface area contributed by atoms with Gasteiger partial charge in [0, 0.05) is 29.1 Å². The van der Waals surface area contributed by atoms with Crippen LogP contribution in [0.4, 0.5) is 0 Å². The average molecular weight is 491 g/mol. The number of aromatic nitrogens is 2. The van der Waals surface area contributed by atoms with Gasteiger partial charge in [0.15, 0.2) is 0 Å². The first-order valence-corrected chi connectivity index (χ1v) is 12.2. The Morgan fingerprint density at radius 1 is 1.16 bits per heavy atom. The second kappa shape index (κ2) is 11.2. The number of rotatable bonds is 9. The molecule has 0 unspecified atom stereocenters. The third kappa shape index (κ3) is 6.60. The summed E-state index contributed by atoms with van der Waals surface area (Å²) in [7, 11) is 0. The van der Waals surface area contributed by atoms with Gasteiger partial charge >= 0.3 is 0 Å². The maximum atomic E-state index is 12.5. The number of hydrogen-bond donors (Lipinski definition) is 1. The molecular formula is C23H31BrN4O3. The number of carbonyl (C=O) groups excluding carboxylic acids is 1. The highest BCUT2D eigenvalue weighted by Crippen LogP contribution is 2.22. The summed E-state index contributed by atoms with van der Waals surface area (Å²) in [5, 5.41) is 7.18. The zero-order valence-electron chi connectivity index (χ0n) is 17.9. The molecule has 168 valence electrons. The highest BCUT2D eigenvalue weighted by molar-refractivity contribution is 9.10. The van der Waals surface area contributed by atoms with Crippen molar-refractivity contribution in [1.82, 2.24) is 20.4 Å². The quantitative estimate of drug-likeness (QED) is 0.531. The molecule has 0 bridgehead atoms. The van der Waals surface area contributed by atoms with Crippen molar-refractivity contribution < 1.29 is 14.1 Å². The van der Waals surface area contributed by atoms with Gasteiger partial charge in [0.25, 0.3) is 0 Å². The van der Waals surface area contributed by atoms with Crippen LogP contribution in [-0.4, -0.2) is 53.3 Å². The lowest BCUT2D eigenvalue weighted by atomic mass is 9.96. The van der Waals surface area contributed by atoms with Crippen molar-refractivity contribution in [2.24, 2.45) is 5.92 Å². The van der Waals surface area contributed by atoms with Gasteiger partial charge in [0.1, 0.15) is 0 Å². The number of carbonyl (C=O) groups is 1. The summed E-state index contributed by atoms with van der Waals surface area (Å²) in [6.07, 6.45) is 8.03. The van der Waals surface area contributed by atoms with Crippen LogP contribution < -0.4 is 5.32 Å². The summed E-state index contributed by atoms with van der Waals surface area (Å²) in [6, 6.07) is 7.85. The molecule has 4 rings (SSSR count). The molecule has 1 aliphatic heterocycles. The van der Waals surface area contributed by atoms with Crippen molar-refractivity contribution in [1.29, 1.82) is 0 Å². The van der Waals surface area contributed by atoms with Crippen molar-refractivity contribution in [2.45, 2.75) is 57.6 Å². The van der Waals surface area contributed by atoms with E-state index in [9.17, 15) is 4.79 Å². The van der Waals surface area contributed by atoms with E-state index in [1.54, 1.807) is 0 Å². The number of halogens is 1. The van der Waals surface area contributed by atoms with Crippen LogP contribution in [0.5, 0.6) is 0 Å². The van der Waals surface area contributed by atoms with E-state index in [0.717, 1.165) is 49.0 Å². The third-order valence-electron chi connectivity index (χ3n) is 6.16. The molecule has 1 aliphatic carbocycles. The lowest BCUT2D eigenvalue weighted by Crippen LogP contribution is -2.40. The van der Waals surface area contributed by atoms with Gasteiger partial charge in [0.2, 0.25) is 17.6 Å². The molecule has 1 saturated heterocycles. The van der Waals surface area contributed by atoms with E-state index in [0.29, 0.717) is 30.9 Å². The molecule has 8 heteroatoms. The minimum absolute atomic E-state index is 0.0908. The molecule has 1 aromatic carbocycles. The van der Waals surface area contributed by atoms with E-state index in [2.05, 4.69) is 36.3 Å². The molecule has 0 spiro atoms. The number of nitrogens with zero attached hydrogens (tertiary/aromatic N) is 3. The summed E-state index contributed by atoms with van der Waals surface area (Å²) in [6.45, 7) is 3.79. The van der Waals surface area contributed by atoms with Gasteiger partial charge in [-0.3, -0.25) is 9.69 Å². The number of piperidine rings is 1. The smallest absolute Gasteiger partial charge is 0.241 e. The number of nitrogens with one attached hydrogen (secondary N) is 1. The summed E-state index contributed by atoms with van der Waals surface area (Å²) in [5.41, 5.74) is 0.933. The lowest BCUT2D eigenvalue weighted by Gasteiger charge is -2.30. The number of hydrogen-bond acceptors (Lipinski definition) is 6. The Labute approximate surface area is 192 Å². The van der Waals surface area contributed by atoms with Gasteiger partial charge in [-0.1, -0.05) is 33.9 Å². The van der Waals surface area contributed by atoms with E-state index < -0.39 is 0 Å². The SMILES string of the molecule is O=C(NCCCOC1CCCC1)C1CCN(Cc2nc(-c3ccc(Br)cc3)no2)CC1. The molecule has 1 saturated carbocycles. The number of ether oxygens (including phenoxy) is 1. The second-order valence-electron chi connectivity index (χ2n) is 8.49. The van der Waals surface area contributed by atoms with Crippen LogP contribution in [0.3, 0.4) is 0 Å². The Bertz CT molecular complexity index is 828.